The van der Waals surface area contributed by atoms with Crippen LogP contribution in [0.15, 0.2) is 35.1 Å². The number of morpholine rings is 1. The smallest absolute Gasteiger partial charge is 0.242 e. The Kier molecular flexibility index (Phi) is 4.31. The lowest BCUT2D eigenvalue weighted by Crippen LogP contribution is -2.63. The molecule has 0 radical (unpaired) electrons. The van der Waals surface area contributed by atoms with Gasteiger partial charge in [-0.3, -0.25) is 14.5 Å². The second-order valence-electron chi connectivity index (χ2n) is 6.85. The van der Waals surface area contributed by atoms with E-state index in [-0.39, 0.29) is 17.9 Å². The van der Waals surface area contributed by atoms with Crippen LogP contribution in [-0.4, -0.2) is 65.7 Å². The van der Waals surface area contributed by atoms with Crippen LogP contribution in [0.4, 0.5) is 0 Å². The van der Waals surface area contributed by atoms with Crippen molar-refractivity contribution in [2.24, 2.45) is 0 Å². The van der Waals surface area contributed by atoms with Gasteiger partial charge >= 0.3 is 0 Å². The summed E-state index contributed by atoms with van der Waals surface area (Å²) in [6.45, 7) is 7.22. The Labute approximate surface area is 146 Å². The number of amides is 1. The minimum Gasteiger partial charge on any atom is -0.379 e. The molecule has 1 amide bonds. The van der Waals surface area contributed by atoms with Gasteiger partial charge in [-0.1, -0.05) is 12.1 Å². The Morgan fingerprint density at radius 1 is 1.20 bits per heavy atom. The number of likely N-dealkylation sites (tertiary alicyclic amines) is 1. The first-order valence-corrected chi connectivity index (χ1v) is 8.82. The maximum absolute atomic E-state index is 12.7. The fraction of sp³-hybridized carbons (Fsp3) is 0.474. The normalized spacial score (nSPS) is 19.2. The molecule has 6 nitrogen and oxygen atoms in total. The molecule has 0 aliphatic carbocycles. The number of aromatic nitrogens is 1. The number of aryl methyl sites for hydroxylation is 1. The van der Waals surface area contributed by atoms with Crippen LogP contribution in [0.1, 0.15) is 5.69 Å². The van der Waals surface area contributed by atoms with Crippen molar-refractivity contribution in [3.05, 3.63) is 46.2 Å². The zero-order valence-electron chi connectivity index (χ0n) is 14.5. The predicted molar refractivity (Wildman–Crippen MR) is 95.7 cm³/mol. The number of nitrogens with zero attached hydrogens (tertiary/aromatic N) is 3. The van der Waals surface area contributed by atoms with Crippen molar-refractivity contribution in [3.8, 4) is 0 Å². The number of ether oxygens (including phenoxy) is 1. The number of rotatable bonds is 3. The monoisotopic (exact) mass is 341 g/mol. The third-order valence-corrected chi connectivity index (χ3v) is 5.30. The average molecular weight is 341 g/mol. The molecule has 2 aliphatic heterocycles. The number of carbonyl (C=O) groups excluding carboxylic acids is 1. The molecule has 4 rings (SSSR count). The van der Waals surface area contributed by atoms with Crippen molar-refractivity contribution in [2.75, 3.05) is 39.4 Å². The lowest BCUT2D eigenvalue weighted by atomic mass is 10.1. The third-order valence-electron chi connectivity index (χ3n) is 5.30. The van der Waals surface area contributed by atoms with Gasteiger partial charge in [-0.05, 0) is 19.1 Å². The minimum absolute atomic E-state index is 0.00753. The molecular weight excluding hydrogens is 318 g/mol. The number of carbonyl (C=O) groups is 1. The Balaban J connectivity index is 1.47. The van der Waals surface area contributed by atoms with Crippen LogP contribution in [0, 0.1) is 6.92 Å². The van der Waals surface area contributed by atoms with Gasteiger partial charge in [0, 0.05) is 49.4 Å². The molecule has 2 saturated heterocycles. The van der Waals surface area contributed by atoms with Crippen molar-refractivity contribution < 1.29 is 9.53 Å². The molecule has 2 aromatic rings. The van der Waals surface area contributed by atoms with Gasteiger partial charge < -0.3 is 14.2 Å². The zero-order chi connectivity index (χ0) is 17.4. The van der Waals surface area contributed by atoms with Crippen molar-refractivity contribution in [1.29, 1.82) is 0 Å². The highest BCUT2D eigenvalue weighted by Gasteiger charge is 2.35. The number of benzene rings is 1. The molecule has 2 fully saturated rings. The molecule has 6 heteroatoms. The highest BCUT2D eigenvalue weighted by Crippen LogP contribution is 2.18. The summed E-state index contributed by atoms with van der Waals surface area (Å²) in [5.41, 5.74) is 1.65. The van der Waals surface area contributed by atoms with Crippen LogP contribution in [0.3, 0.4) is 0 Å². The Hall–Kier alpha value is -2.18. The van der Waals surface area contributed by atoms with E-state index in [1.165, 1.54) is 0 Å². The lowest BCUT2D eigenvalue weighted by molar-refractivity contribution is -0.140. The van der Waals surface area contributed by atoms with Crippen LogP contribution in [-0.2, 0) is 16.1 Å². The van der Waals surface area contributed by atoms with E-state index >= 15 is 0 Å². The van der Waals surface area contributed by atoms with E-state index in [0.717, 1.165) is 50.6 Å². The van der Waals surface area contributed by atoms with Gasteiger partial charge in [0.05, 0.1) is 18.7 Å². The van der Waals surface area contributed by atoms with Gasteiger partial charge in [0.1, 0.15) is 6.54 Å². The molecule has 1 aromatic carbocycles. The Morgan fingerprint density at radius 2 is 1.92 bits per heavy atom. The van der Waals surface area contributed by atoms with Gasteiger partial charge in [-0.15, -0.1) is 0 Å². The molecule has 0 spiro atoms. The standard InChI is InChI=1S/C19H23N3O3/c1-14-10-18(23)16-4-2-3-5-17(16)22(14)13-19(24)21-11-15(12-21)20-6-8-25-9-7-20/h2-5,10,15H,6-9,11-13H2,1H3. The summed E-state index contributed by atoms with van der Waals surface area (Å²) in [5.74, 6) is 0.112. The number of para-hydroxylation sites is 1. The molecule has 132 valence electrons. The zero-order valence-corrected chi connectivity index (χ0v) is 14.5. The minimum atomic E-state index is 0.00753. The van der Waals surface area contributed by atoms with Crippen molar-refractivity contribution in [3.63, 3.8) is 0 Å². The number of hydrogen-bond donors (Lipinski definition) is 0. The largest absolute Gasteiger partial charge is 0.379 e. The number of pyridine rings is 1. The summed E-state index contributed by atoms with van der Waals surface area (Å²) in [6, 6.07) is 9.55. The van der Waals surface area contributed by atoms with Crippen LogP contribution < -0.4 is 5.43 Å². The molecular formula is C19H23N3O3. The summed E-state index contributed by atoms with van der Waals surface area (Å²) < 4.78 is 7.33. The van der Waals surface area contributed by atoms with E-state index in [2.05, 4.69) is 4.90 Å². The van der Waals surface area contributed by atoms with Crippen LogP contribution in [0.2, 0.25) is 0 Å². The van der Waals surface area contributed by atoms with Crippen molar-refractivity contribution >= 4 is 16.8 Å². The van der Waals surface area contributed by atoms with E-state index in [1.54, 1.807) is 6.07 Å². The maximum atomic E-state index is 12.7. The van der Waals surface area contributed by atoms with Gasteiger partial charge in [-0.25, -0.2) is 0 Å². The fourth-order valence-corrected chi connectivity index (χ4v) is 3.73. The van der Waals surface area contributed by atoms with E-state index < -0.39 is 0 Å². The van der Waals surface area contributed by atoms with E-state index in [1.807, 2.05) is 40.7 Å². The summed E-state index contributed by atoms with van der Waals surface area (Å²) in [6.07, 6.45) is 0. The third kappa shape index (κ3) is 3.07. The predicted octanol–water partition coefficient (Wildman–Crippen LogP) is 0.853. The van der Waals surface area contributed by atoms with E-state index in [0.29, 0.717) is 11.4 Å². The van der Waals surface area contributed by atoms with Gasteiger partial charge in [0.15, 0.2) is 5.43 Å². The lowest BCUT2D eigenvalue weighted by Gasteiger charge is -2.46. The Bertz CT molecular complexity index is 849. The van der Waals surface area contributed by atoms with Crippen molar-refractivity contribution in [1.82, 2.24) is 14.4 Å². The topological polar surface area (TPSA) is 54.8 Å². The Morgan fingerprint density at radius 3 is 2.68 bits per heavy atom. The van der Waals surface area contributed by atoms with Gasteiger partial charge in [-0.2, -0.15) is 0 Å². The molecule has 3 heterocycles. The maximum Gasteiger partial charge on any atom is 0.242 e. The summed E-state index contributed by atoms with van der Waals surface area (Å²) in [7, 11) is 0. The first-order chi connectivity index (χ1) is 12.1. The summed E-state index contributed by atoms with van der Waals surface area (Å²) >= 11 is 0. The number of fused-ring (bicyclic) bond motifs is 1. The molecule has 1 aromatic heterocycles. The van der Waals surface area contributed by atoms with Crippen LogP contribution >= 0.6 is 0 Å². The quantitative estimate of drug-likeness (QED) is 0.831. The summed E-state index contributed by atoms with van der Waals surface area (Å²) in [4.78, 5) is 29.1. The molecule has 0 N–H and O–H groups in total. The molecule has 0 unspecified atom stereocenters. The van der Waals surface area contributed by atoms with E-state index in [4.69, 9.17) is 4.74 Å². The first kappa shape index (κ1) is 16.3. The molecule has 0 bridgehead atoms. The first-order valence-electron chi connectivity index (χ1n) is 8.82. The second kappa shape index (κ2) is 6.61. The molecule has 0 saturated carbocycles. The van der Waals surface area contributed by atoms with Crippen LogP contribution in [0.5, 0.6) is 0 Å². The average Bonchev–Trinajstić information content (AvgIpc) is 2.58. The summed E-state index contributed by atoms with van der Waals surface area (Å²) in [5, 5.41) is 0.663. The van der Waals surface area contributed by atoms with E-state index in [9.17, 15) is 9.59 Å². The van der Waals surface area contributed by atoms with Gasteiger partial charge in [0.2, 0.25) is 5.91 Å². The highest BCUT2D eigenvalue weighted by molar-refractivity contribution is 5.83. The number of hydrogen-bond acceptors (Lipinski definition) is 4. The van der Waals surface area contributed by atoms with Gasteiger partial charge in [0.25, 0.3) is 0 Å². The SMILES string of the molecule is Cc1cc(=O)c2ccccc2n1CC(=O)N1CC(N2CCOCC2)C1. The molecule has 25 heavy (non-hydrogen) atoms. The highest BCUT2D eigenvalue weighted by atomic mass is 16.5. The van der Waals surface area contributed by atoms with Crippen molar-refractivity contribution in [2.45, 2.75) is 19.5 Å². The molecule has 0 atom stereocenters. The second-order valence-corrected chi connectivity index (χ2v) is 6.85. The fourth-order valence-electron chi connectivity index (χ4n) is 3.73. The van der Waals surface area contributed by atoms with Crippen LogP contribution in [0.25, 0.3) is 10.9 Å². The molecule has 2 aliphatic rings.